The van der Waals surface area contributed by atoms with Crippen molar-refractivity contribution in [3.63, 3.8) is 0 Å². The molecule has 1 atom stereocenters. The van der Waals surface area contributed by atoms with E-state index in [1.807, 2.05) is 32.0 Å². The summed E-state index contributed by atoms with van der Waals surface area (Å²) in [4.78, 5) is 26.3. The third-order valence-corrected chi connectivity index (χ3v) is 4.77. The Balaban J connectivity index is 1.55. The molecule has 7 nitrogen and oxygen atoms in total. The number of carbonyl (C=O) groups is 2. The zero-order chi connectivity index (χ0) is 18.0. The average Bonchev–Trinajstić information content (AvgIpc) is 3.08. The normalized spacial score (nSPS) is 17.0. The Kier molecular flexibility index (Phi) is 5.03. The molecule has 1 aromatic carbocycles. The second-order valence-electron chi connectivity index (χ2n) is 6.95. The summed E-state index contributed by atoms with van der Waals surface area (Å²) in [6.45, 7) is 4.64. The second-order valence-corrected chi connectivity index (χ2v) is 6.95. The molecule has 1 aliphatic heterocycles. The number of amides is 2. The van der Waals surface area contributed by atoms with Crippen LogP contribution in [0.3, 0.4) is 0 Å². The highest BCUT2D eigenvalue weighted by atomic mass is 16.3. The first-order chi connectivity index (χ1) is 12.0. The number of likely N-dealkylation sites (tertiary alicyclic amines) is 1. The zero-order valence-corrected chi connectivity index (χ0v) is 14.5. The Hall–Kier alpha value is -2.41. The number of aliphatic hydroxyl groups excluding tert-OH is 1. The van der Waals surface area contributed by atoms with Crippen LogP contribution in [0.4, 0.5) is 5.69 Å². The molecule has 0 saturated carbocycles. The van der Waals surface area contributed by atoms with Gasteiger partial charge >= 0.3 is 0 Å². The number of aromatic nitrogens is 2. The number of H-pyrrole nitrogens is 1. The van der Waals surface area contributed by atoms with E-state index in [0.717, 1.165) is 16.6 Å². The van der Waals surface area contributed by atoms with Gasteiger partial charge in [-0.15, -0.1) is 0 Å². The van der Waals surface area contributed by atoms with Crippen LogP contribution in [-0.2, 0) is 9.59 Å². The maximum absolute atomic E-state index is 12.5. The smallest absolute Gasteiger partial charge is 0.251 e. The first-order valence-electron chi connectivity index (χ1n) is 8.66. The number of carbonyl (C=O) groups excluding carboxylic acids is 2. The molecule has 134 valence electrons. The number of piperidine rings is 1. The van der Waals surface area contributed by atoms with Gasteiger partial charge in [0.2, 0.25) is 5.91 Å². The molecule has 2 amide bonds. The second kappa shape index (κ2) is 7.23. The number of aliphatic hydroxyl groups is 1. The largest absolute Gasteiger partial charge is 0.383 e. The molecule has 3 N–H and O–H groups in total. The van der Waals surface area contributed by atoms with Gasteiger partial charge in [-0.25, -0.2) is 0 Å². The number of anilines is 1. The minimum atomic E-state index is -0.966. The van der Waals surface area contributed by atoms with Crippen molar-refractivity contribution in [2.45, 2.75) is 32.8 Å². The van der Waals surface area contributed by atoms with E-state index >= 15 is 0 Å². The number of benzene rings is 1. The number of fused-ring (bicyclic) bond motifs is 1. The third kappa shape index (κ3) is 3.82. The Bertz CT molecular complexity index is 763. The van der Waals surface area contributed by atoms with Gasteiger partial charge < -0.3 is 15.3 Å². The molecule has 7 heteroatoms. The lowest BCUT2D eigenvalue weighted by molar-refractivity contribution is -0.144. The highest BCUT2D eigenvalue weighted by Crippen LogP contribution is 2.22. The molecule has 1 fully saturated rings. The predicted molar refractivity (Wildman–Crippen MR) is 94.9 cm³/mol. The van der Waals surface area contributed by atoms with Crippen molar-refractivity contribution in [1.82, 2.24) is 15.1 Å². The standard InChI is InChI=1S/C18H24N4O3/c1-11(2)16(23)18(25)22-7-5-12(6-8-22)17(24)20-14-3-4-15-13(9-14)10-19-21-15/h3-4,9-12,16,23H,5-8H2,1-2H3,(H,19,21)(H,20,24)/t16-/m1/s1. The van der Waals surface area contributed by atoms with E-state index in [4.69, 9.17) is 0 Å². The van der Waals surface area contributed by atoms with Crippen LogP contribution in [0.15, 0.2) is 24.4 Å². The van der Waals surface area contributed by atoms with E-state index in [1.165, 1.54) is 0 Å². The minimum Gasteiger partial charge on any atom is -0.383 e. The van der Waals surface area contributed by atoms with Crippen LogP contribution in [0.1, 0.15) is 26.7 Å². The van der Waals surface area contributed by atoms with Crippen LogP contribution in [0, 0.1) is 11.8 Å². The number of rotatable bonds is 4. The Labute approximate surface area is 146 Å². The summed E-state index contributed by atoms with van der Waals surface area (Å²) < 4.78 is 0. The zero-order valence-electron chi connectivity index (χ0n) is 14.5. The maximum Gasteiger partial charge on any atom is 0.251 e. The van der Waals surface area contributed by atoms with Crippen molar-refractivity contribution in [3.8, 4) is 0 Å². The van der Waals surface area contributed by atoms with Crippen LogP contribution in [0.5, 0.6) is 0 Å². The summed E-state index contributed by atoms with van der Waals surface area (Å²) in [7, 11) is 0. The topological polar surface area (TPSA) is 98.3 Å². The summed E-state index contributed by atoms with van der Waals surface area (Å²) >= 11 is 0. The van der Waals surface area contributed by atoms with Crippen molar-refractivity contribution in [2.24, 2.45) is 11.8 Å². The molecule has 2 aromatic rings. The van der Waals surface area contributed by atoms with Gasteiger partial charge in [0.25, 0.3) is 5.91 Å². The number of nitrogens with zero attached hydrogens (tertiary/aromatic N) is 2. The third-order valence-electron chi connectivity index (χ3n) is 4.77. The molecule has 1 aromatic heterocycles. The van der Waals surface area contributed by atoms with Gasteiger partial charge in [0.05, 0.1) is 11.7 Å². The molecule has 0 spiro atoms. The van der Waals surface area contributed by atoms with Crippen LogP contribution < -0.4 is 5.32 Å². The van der Waals surface area contributed by atoms with Crippen molar-refractivity contribution < 1.29 is 14.7 Å². The van der Waals surface area contributed by atoms with Crippen LogP contribution in [-0.4, -0.2) is 51.2 Å². The van der Waals surface area contributed by atoms with Gasteiger partial charge in [0.1, 0.15) is 6.10 Å². The Morgan fingerprint density at radius 3 is 2.72 bits per heavy atom. The molecule has 25 heavy (non-hydrogen) atoms. The molecule has 2 heterocycles. The van der Waals surface area contributed by atoms with E-state index in [2.05, 4.69) is 15.5 Å². The first-order valence-corrected chi connectivity index (χ1v) is 8.66. The summed E-state index contributed by atoms with van der Waals surface area (Å²) in [5.41, 5.74) is 1.67. The van der Waals surface area contributed by atoms with Crippen molar-refractivity contribution in [3.05, 3.63) is 24.4 Å². The average molecular weight is 344 g/mol. The molecule has 0 bridgehead atoms. The van der Waals surface area contributed by atoms with Gasteiger partial charge in [-0.2, -0.15) is 5.10 Å². The predicted octanol–water partition coefficient (Wildman–Crippen LogP) is 1.76. The highest BCUT2D eigenvalue weighted by molar-refractivity contribution is 5.95. The fourth-order valence-electron chi connectivity index (χ4n) is 3.10. The fourth-order valence-corrected chi connectivity index (χ4v) is 3.10. The quantitative estimate of drug-likeness (QED) is 0.787. The molecule has 0 unspecified atom stereocenters. The summed E-state index contributed by atoms with van der Waals surface area (Å²) in [5, 5.41) is 20.6. The lowest BCUT2D eigenvalue weighted by atomic mass is 9.94. The molecule has 3 rings (SSSR count). The molecule has 0 aliphatic carbocycles. The van der Waals surface area contributed by atoms with E-state index < -0.39 is 6.10 Å². The lowest BCUT2D eigenvalue weighted by Crippen LogP contribution is -2.46. The van der Waals surface area contributed by atoms with Gasteiger partial charge in [0.15, 0.2) is 0 Å². The minimum absolute atomic E-state index is 0.0284. The highest BCUT2D eigenvalue weighted by Gasteiger charge is 2.31. The van der Waals surface area contributed by atoms with E-state index in [0.29, 0.717) is 25.9 Å². The number of nitrogens with one attached hydrogen (secondary N) is 2. The van der Waals surface area contributed by atoms with Gasteiger partial charge in [-0.1, -0.05) is 13.8 Å². The van der Waals surface area contributed by atoms with Gasteiger partial charge in [-0.05, 0) is 37.0 Å². The van der Waals surface area contributed by atoms with Crippen LogP contribution >= 0.6 is 0 Å². The van der Waals surface area contributed by atoms with Crippen molar-refractivity contribution in [2.75, 3.05) is 18.4 Å². The van der Waals surface area contributed by atoms with Crippen LogP contribution in [0.2, 0.25) is 0 Å². The van der Waals surface area contributed by atoms with Crippen molar-refractivity contribution >= 4 is 28.4 Å². The van der Waals surface area contributed by atoms with Gasteiger partial charge in [0, 0.05) is 30.1 Å². The fraction of sp³-hybridized carbons (Fsp3) is 0.500. The number of hydrogen-bond donors (Lipinski definition) is 3. The molecular formula is C18H24N4O3. The molecule has 1 saturated heterocycles. The molecule has 0 radical (unpaired) electrons. The SMILES string of the molecule is CC(C)[C@@H](O)C(=O)N1CCC(C(=O)Nc2ccc3[nH]ncc3c2)CC1. The summed E-state index contributed by atoms with van der Waals surface area (Å²) in [5.74, 6) is -0.495. The van der Waals surface area contributed by atoms with E-state index in [9.17, 15) is 14.7 Å². The first kappa shape index (κ1) is 17.4. The van der Waals surface area contributed by atoms with Gasteiger partial charge in [-0.3, -0.25) is 14.7 Å². The summed E-state index contributed by atoms with van der Waals surface area (Å²) in [6, 6.07) is 5.61. The Morgan fingerprint density at radius 2 is 2.04 bits per heavy atom. The molecule has 1 aliphatic rings. The monoisotopic (exact) mass is 344 g/mol. The van der Waals surface area contributed by atoms with Crippen molar-refractivity contribution in [1.29, 1.82) is 0 Å². The lowest BCUT2D eigenvalue weighted by Gasteiger charge is -2.33. The molecular weight excluding hydrogens is 320 g/mol. The Morgan fingerprint density at radius 1 is 1.32 bits per heavy atom. The maximum atomic E-state index is 12.5. The summed E-state index contributed by atoms with van der Waals surface area (Å²) in [6.07, 6.45) is 1.97. The van der Waals surface area contributed by atoms with Crippen LogP contribution in [0.25, 0.3) is 10.9 Å². The number of hydrogen-bond acceptors (Lipinski definition) is 4. The van der Waals surface area contributed by atoms with E-state index in [-0.39, 0.29) is 23.7 Å². The number of aromatic amines is 1. The van der Waals surface area contributed by atoms with E-state index in [1.54, 1.807) is 11.1 Å².